The lowest BCUT2D eigenvalue weighted by Crippen LogP contribution is -2.51. The van der Waals surface area contributed by atoms with E-state index in [-0.39, 0.29) is 18.1 Å². The molecule has 2 aliphatic rings. The quantitative estimate of drug-likeness (QED) is 0.660. The fourth-order valence-corrected chi connectivity index (χ4v) is 3.01. The lowest BCUT2D eigenvalue weighted by atomic mass is 10.0. The molecule has 2 saturated heterocycles. The number of halogens is 2. The van der Waals surface area contributed by atoms with Crippen LogP contribution >= 0.6 is 11.8 Å². The first-order chi connectivity index (χ1) is 8.10. The van der Waals surface area contributed by atoms with Gasteiger partial charge in [0.05, 0.1) is 24.9 Å². The summed E-state index contributed by atoms with van der Waals surface area (Å²) in [5.41, 5.74) is -0.382. The number of ether oxygens (including phenoxy) is 1. The number of fused-ring (bicyclic) bond motifs is 1. The molecule has 2 fully saturated rings. The van der Waals surface area contributed by atoms with E-state index in [1.165, 1.54) is 11.8 Å². The van der Waals surface area contributed by atoms with Gasteiger partial charge in [-0.2, -0.15) is 0 Å². The van der Waals surface area contributed by atoms with Crippen molar-refractivity contribution in [3.8, 4) is 0 Å². The van der Waals surface area contributed by atoms with Crippen molar-refractivity contribution in [3.63, 3.8) is 0 Å². The van der Waals surface area contributed by atoms with E-state index in [0.717, 1.165) is 0 Å². The Bertz CT molecular complexity index is 306. The molecule has 2 aliphatic heterocycles. The van der Waals surface area contributed by atoms with Crippen LogP contribution in [-0.2, 0) is 4.74 Å². The summed E-state index contributed by atoms with van der Waals surface area (Å²) in [5, 5.41) is 22.0. The zero-order valence-electron chi connectivity index (χ0n) is 8.92. The van der Waals surface area contributed by atoms with E-state index in [9.17, 15) is 13.9 Å². The van der Waals surface area contributed by atoms with E-state index in [4.69, 9.17) is 9.84 Å². The lowest BCUT2D eigenvalue weighted by molar-refractivity contribution is -0.0913. The second-order valence-electron chi connectivity index (χ2n) is 3.94. The van der Waals surface area contributed by atoms with E-state index in [0.29, 0.717) is 11.6 Å². The van der Waals surface area contributed by atoms with Crippen molar-refractivity contribution in [2.75, 3.05) is 13.2 Å². The van der Waals surface area contributed by atoms with Gasteiger partial charge in [0.15, 0.2) is 5.17 Å². The van der Waals surface area contributed by atoms with Crippen molar-refractivity contribution < 1.29 is 23.7 Å². The lowest BCUT2D eigenvalue weighted by Gasteiger charge is -2.33. The summed E-state index contributed by atoms with van der Waals surface area (Å²) in [6.07, 6.45) is -3.23. The Hall–Kier alpha value is -0.440. The highest BCUT2D eigenvalue weighted by Crippen LogP contribution is 2.33. The normalized spacial score (nSPS) is 39.5. The van der Waals surface area contributed by atoms with Crippen molar-refractivity contribution in [3.05, 3.63) is 0 Å². The molecule has 0 aromatic heterocycles. The number of rotatable bonds is 3. The number of aliphatic hydroxyl groups is 2. The number of aliphatic imine (C=N–C) groups is 1. The van der Waals surface area contributed by atoms with Gasteiger partial charge in [-0.3, -0.25) is 4.99 Å². The molecule has 3 N–H and O–H groups in total. The summed E-state index contributed by atoms with van der Waals surface area (Å²) in [5.74, 6) is 0. The van der Waals surface area contributed by atoms with Crippen LogP contribution in [0.1, 0.15) is 6.42 Å². The molecular weight excluding hydrogens is 254 g/mol. The summed E-state index contributed by atoms with van der Waals surface area (Å²) in [6.45, 7) is -0.724. The minimum absolute atomic E-state index is 0.162. The molecule has 2 rings (SSSR count). The van der Waals surface area contributed by atoms with Crippen LogP contribution in [0.3, 0.4) is 0 Å². The summed E-state index contributed by atoms with van der Waals surface area (Å²) < 4.78 is 29.5. The van der Waals surface area contributed by atoms with Crippen LogP contribution in [0.2, 0.25) is 0 Å². The standard InChI is InChI=1S/C9H14F2N2O3S/c10-6(11)2-12-9-13-7-5(15)1-4(3-14)16-8(7)17-9/h4-8,14-15H,1-3H2,(H,12,13). The highest BCUT2D eigenvalue weighted by atomic mass is 32.2. The van der Waals surface area contributed by atoms with Crippen molar-refractivity contribution in [1.29, 1.82) is 0 Å². The van der Waals surface area contributed by atoms with Gasteiger partial charge >= 0.3 is 0 Å². The first kappa shape index (κ1) is 13.0. The smallest absolute Gasteiger partial charge is 0.257 e. The largest absolute Gasteiger partial charge is 0.394 e. The van der Waals surface area contributed by atoms with Crippen molar-refractivity contribution in [2.24, 2.45) is 4.99 Å². The average molecular weight is 268 g/mol. The maximum atomic E-state index is 12.0. The Labute approximate surface area is 101 Å². The molecular formula is C9H14F2N2O3S. The molecule has 2 heterocycles. The van der Waals surface area contributed by atoms with Gasteiger partial charge in [0, 0.05) is 6.42 Å². The third-order valence-electron chi connectivity index (χ3n) is 2.63. The third kappa shape index (κ3) is 3.06. The Morgan fingerprint density at radius 2 is 2.35 bits per heavy atom. The molecule has 5 nitrogen and oxygen atoms in total. The Balaban J connectivity index is 1.97. The highest BCUT2D eigenvalue weighted by molar-refractivity contribution is 8.14. The maximum absolute atomic E-state index is 12.0. The third-order valence-corrected chi connectivity index (χ3v) is 3.74. The van der Waals surface area contributed by atoms with Crippen molar-refractivity contribution in [2.45, 2.75) is 36.5 Å². The Kier molecular flexibility index (Phi) is 4.18. The van der Waals surface area contributed by atoms with Crippen LogP contribution in [0.15, 0.2) is 4.99 Å². The minimum Gasteiger partial charge on any atom is -0.394 e. The average Bonchev–Trinajstić information content (AvgIpc) is 2.69. The molecule has 0 aromatic rings. The highest BCUT2D eigenvalue weighted by Gasteiger charge is 2.43. The van der Waals surface area contributed by atoms with Gasteiger partial charge in [-0.15, -0.1) is 0 Å². The molecule has 0 saturated carbocycles. The molecule has 0 aromatic carbocycles. The van der Waals surface area contributed by atoms with E-state index < -0.39 is 25.2 Å². The Morgan fingerprint density at radius 3 is 3.00 bits per heavy atom. The summed E-state index contributed by atoms with van der Waals surface area (Å²) in [6, 6.07) is -0.348. The predicted octanol–water partition coefficient (Wildman–Crippen LogP) is -0.219. The maximum Gasteiger partial charge on any atom is 0.257 e. The number of aliphatic hydroxyl groups excluding tert-OH is 2. The van der Waals surface area contributed by atoms with E-state index in [2.05, 4.69) is 10.3 Å². The molecule has 0 aliphatic carbocycles. The SMILES string of the molecule is OCC1CC(O)C2NC(=NCC(F)F)SC2O1. The van der Waals surface area contributed by atoms with Crippen LogP contribution in [-0.4, -0.2) is 58.6 Å². The van der Waals surface area contributed by atoms with E-state index >= 15 is 0 Å². The molecule has 8 heteroatoms. The second-order valence-corrected chi connectivity index (χ2v) is 5.02. The first-order valence-corrected chi connectivity index (χ1v) is 6.18. The zero-order chi connectivity index (χ0) is 12.4. The summed E-state index contributed by atoms with van der Waals surface area (Å²) in [4.78, 5) is 3.70. The number of hydrogen-bond acceptors (Lipinski definition) is 5. The number of nitrogens with zero attached hydrogens (tertiary/aromatic N) is 1. The topological polar surface area (TPSA) is 74.1 Å². The Morgan fingerprint density at radius 1 is 1.59 bits per heavy atom. The van der Waals surface area contributed by atoms with Gasteiger partial charge in [0.2, 0.25) is 0 Å². The first-order valence-electron chi connectivity index (χ1n) is 5.30. The van der Waals surface area contributed by atoms with Gasteiger partial charge in [-0.1, -0.05) is 11.8 Å². The molecule has 0 amide bonds. The predicted molar refractivity (Wildman–Crippen MR) is 59.2 cm³/mol. The monoisotopic (exact) mass is 268 g/mol. The van der Waals surface area contributed by atoms with Gasteiger partial charge in [0.25, 0.3) is 6.43 Å². The zero-order valence-corrected chi connectivity index (χ0v) is 9.74. The second kappa shape index (κ2) is 5.47. The number of amidine groups is 1. The number of nitrogens with one attached hydrogen (secondary N) is 1. The van der Waals surface area contributed by atoms with Crippen LogP contribution in [0, 0.1) is 0 Å². The molecule has 4 atom stereocenters. The van der Waals surface area contributed by atoms with Gasteiger partial charge in [-0.25, -0.2) is 8.78 Å². The van der Waals surface area contributed by atoms with Crippen LogP contribution < -0.4 is 5.32 Å². The van der Waals surface area contributed by atoms with Gasteiger partial charge in [-0.05, 0) is 0 Å². The number of hydrogen-bond donors (Lipinski definition) is 3. The number of alkyl halides is 2. The molecule has 98 valence electrons. The summed E-state index contributed by atoms with van der Waals surface area (Å²) >= 11 is 1.17. The minimum atomic E-state index is -2.48. The number of thioether (sulfide) groups is 1. The molecule has 0 bridgehead atoms. The van der Waals surface area contributed by atoms with Crippen molar-refractivity contribution in [1.82, 2.24) is 5.32 Å². The van der Waals surface area contributed by atoms with E-state index in [1.807, 2.05) is 0 Å². The van der Waals surface area contributed by atoms with Crippen LogP contribution in [0.4, 0.5) is 8.78 Å². The van der Waals surface area contributed by atoms with Crippen LogP contribution in [0.5, 0.6) is 0 Å². The molecule has 0 spiro atoms. The molecule has 17 heavy (non-hydrogen) atoms. The van der Waals surface area contributed by atoms with E-state index in [1.54, 1.807) is 0 Å². The fraction of sp³-hybridized carbons (Fsp3) is 0.889. The fourth-order valence-electron chi connectivity index (χ4n) is 1.83. The molecule has 0 radical (unpaired) electrons. The van der Waals surface area contributed by atoms with Crippen LogP contribution in [0.25, 0.3) is 0 Å². The summed E-state index contributed by atoms with van der Waals surface area (Å²) in [7, 11) is 0. The van der Waals surface area contributed by atoms with Crippen molar-refractivity contribution >= 4 is 16.9 Å². The van der Waals surface area contributed by atoms with Gasteiger partial charge in [0.1, 0.15) is 12.0 Å². The van der Waals surface area contributed by atoms with Gasteiger partial charge < -0.3 is 20.3 Å². The molecule has 4 unspecified atom stereocenters.